The van der Waals surface area contributed by atoms with Gasteiger partial charge in [0.2, 0.25) is 0 Å². The van der Waals surface area contributed by atoms with Gasteiger partial charge in [0.15, 0.2) is 0 Å². The van der Waals surface area contributed by atoms with Crippen LogP contribution >= 0.6 is 0 Å². The summed E-state index contributed by atoms with van der Waals surface area (Å²) >= 11 is 0. The molecule has 2 aromatic rings. The molecule has 0 aliphatic rings. The highest BCUT2D eigenvalue weighted by molar-refractivity contribution is 5.28. The van der Waals surface area contributed by atoms with Crippen molar-refractivity contribution in [1.82, 2.24) is 14.6 Å². The fraction of sp³-hybridized carbons (Fsp3) is 0.444. The maximum atomic E-state index is 5.77. The number of hydrogen-bond donors (Lipinski definition) is 1. The molecule has 0 saturated carbocycles. The van der Waals surface area contributed by atoms with Crippen molar-refractivity contribution in [3.63, 3.8) is 0 Å². The molecule has 5 heteroatoms. The van der Waals surface area contributed by atoms with Gasteiger partial charge in [0.05, 0.1) is 17.9 Å². The monoisotopic (exact) mass is 192 g/mol. The number of nitrogens with two attached hydrogens (primary N) is 1. The van der Waals surface area contributed by atoms with Crippen LogP contribution in [0.4, 0.5) is 5.95 Å². The first-order chi connectivity index (χ1) is 6.63. The van der Waals surface area contributed by atoms with Crippen LogP contribution in [0.3, 0.4) is 0 Å². The summed E-state index contributed by atoms with van der Waals surface area (Å²) in [7, 11) is 0. The van der Waals surface area contributed by atoms with Crippen molar-refractivity contribution in [3.05, 3.63) is 17.5 Å². The molecule has 2 N–H and O–H groups in total. The van der Waals surface area contributed by atoms with Gasteiger partial charge in [-0.05, 0) is 20.8 Å². The molecule has 74 valence electrons. The van der Waals surface area contributed by atoms with E-state index in [-0.39, 0.29) is 0 Å². The highest BCUT2D eigenvalue weighted by Crippen LogP contribution is 2.04. The standard InChI is InChI=1S/C9H14N5/c1-4-13-8(10)12-14-7(3)5-6(2)11-9(13)14/h5H,4H2,1-3H3,(H2,10,12)/q+1. The first-order valence-electron chi connectivity index (χ1n) is 4.65. The van der Waals surface area contributed by atoms with Crippen LogP contribution in [0.5, 0.6) is 0 Å². The van der Waals surface area contributed by atoms with Gasteiger partial charge in [0.25, 0.3) is 0 Å². The fourth-order valence-electron chi connectivity index (χ4n) is 1.62. The molecule has 0 aliphatic heterocycles. The number of aryl methyl sites for hydroxylation is 3. The Kier molecular flexibility index (Phi) is 1.87. The van der Waals surface area contributed by atoms with E-state index in [9.17, 15) is 0 Å². The van der Waals surface area contributed by atoms with Gasteiger partial charge in [-0.25, -0.2) is 4.57 Å². The quantitative estimate of drug-likeness (QED) is 0.658. The summed E-state index contributed by atoms with van der Waals surface area (Å²) in [6.45, 7) is 6.77. The number of fused-ring (bicyclic) bond motifs is 1. The normalized spacial score (nSPS) is 11.1. The highest BCUT2D eigenvalue weighted by atomic mass is 15.4. The topological polar surface area (TPSA) is 60.1 Å². The maximum Gasteiger partial charge on any atom is 0.358 e. The SMILES string of the molecule is CC[n+]1c(N)nn2c(C)cc(C)nc21. The summed E-state index contributed by atoms with van der Waals surface area (Å²) in [4.78, 5) is 4.41. The summed E-state index contributed by atoms with van der Waals surface area (Å²) in [5.41, 5.74) is 7.80. The van der Waals surface area contributed by atoms with Crippen molar-refractivity contribution in [2.75, 3.05) is 5.73 Å². The Balaban J connectivity index is 2.87. The fourth-order valence-corrected chi connectivity index (χ4v) is 1.62. The van der Waals surface area contributed by atoms with Crippen LogP contribution in [0.1, 0.15) is 18.3 Å². The first-order valence-corrected chi connectivity index (χ1v) is 4.65. The Labute approximate surface area is 82.2 Å². The molecule has 0 saturated heterocycles. The predicted octanol–water partition coefficient (Wildman–Crippen LogP) is 0.236. The minimum atomic E-state index is 0.508. The molecular formula is C9H14N5+. The molecule has 2 heterocycles. The molecule has 0 aromatic carbocycles. The molecule has 0 fully saturated rings. The second kappa shape index (κ2) is 2.94. The molecule has 0 spiro atoms. The van der Waals surface area contributed by atoms with Crippen molar-refractivity contribution in [2.24, 2.45) is 0 Å². The largest absolute Gasteiger partial charge is 0.358 e. The van der Waals surface area contributed by atoms with Crippen LogP contribution < -0.4 is 10.3 Å². The minimum absolute atomic E-state index is 0.508. The highest BCUT2D eigenvalue weighted by Gasteiger charge is 2.17. The van der Waals surface area contributed by atoms with E-state index in [0.29, 0.717) is 5.95 Å². The Morgan fingerprint density at radius 3 is 2.86 bits per heavy atom. The second-order valence-corrected chi connectivity index (χ2v) is 3.35. The van der Waals surface area contributed by atoms with Crippen molar-refractivity contribution < 1.29 is 4.57 Å². The Morgan fingerprint density at radius 1 is 1.50 bits per heavy atom. The van der Waals surface area contributed by atoms with Gasteiger partial charge < -0.3 is 5.73 Å². The van der Waals surface area contributed by atoms with Crippen LogP contribution in [0, 0.1) is 13.8 Å². The third-order valence-corrected chi connectivity index (χ3v) is 2.25. The van der Waals surface area contributed by atoms with Gasteiger partial charge in [-0.3, -0.25) is 0 Å². The van der Waals surface area contributed by atoms with E-state index >= 15 is 0 Å². The predicted molar refractivity (Wildman–Crippen MR) is 52.7 cm³/mol. The van der Waals surface area contributed by atoms with E-state index in [4.69, 9.17) is 5.73 Å². The number of rotatable bonds is 1. The maximum absolute atomic E-state index is 5.77. The van der Waals surface area contributed by atoms with E-state index in [1.807, 2.05) is 31.4 Å². The van der Waals surface area contributed by atoms with Crippen molar-refractivity contribution in [3.8, 4) is 0 Å². The van der Waals surface area contributed by atoms with Gasteiger partial charge in [-0.1, -0.05) is 0 Å². The van der Waals surface area contributed by atoms with E-state index in [0.717, 1.165) is 23.7 Å². The lowest BCUT2D eigenvalue weighted by atomic mass is 10.4. The van der Waals surface area contributed by atoms with Crippen LogP contribution in [-0.2, 0) is 6.54 Å². The molecule has 0 amide bonds. The van der Waals surface area contributed by atoms with Gasteiger partial charge >= 0.3 is 11.7 Å². The Bertz CT molecular complexity index is 485. The second-order valence-electron chi connectivity index (χ2n) is 3.35. The molecule has 0 atom stereocenters. The average molecular weight is 192 g/mol. The molecule has 2 aromatic heterocycles. The van der Waals surface area contributed by atoms with Crippen molar-refractivity contribution >= 4 is 11.7 Å². The van der Waals surface area contributed by atoms with Crippen LogP contribution in [0.25, 0.3) is 5.78 Å². The minimum Gasteiger partial charge on any atom is -0.318 e. The first kappa shape index (κ1) is 8.93. The summed E-state index contributed by atoms with van der Waals surface area (Å²) in [5, 5.41) is 4.22. The zero-order valence-corrected chi connectivity index (χ0v) is 8.65. The van der Waals surface area contributed by atoms with Crippen molar-refractivity contribution in [1.29, 1.82) is 0 Å². The summed E-state index contributed by atoms with van der Waals surface area (Å²) in [6, 6.07) is 1.99. The van der Waals surface area contributed by atoms with E-state index in [1.165, 1.54) is 0 Å². The lowest BCUT2D eigenvalue weighted by Gasteiger charge is -1.95. The van der Waals surface area contributed by atoms with E-state index in [2.05, 4.69) is 10.1 Å². The van der Waals surface area contributed by atoms with Gasteiger partial charge in [0.1, 0.15) is 0 Å². The van der Waals surface area contributed by atoms with Gasteiger partial charge in [-0.2, -0.15) is 0 Å². The zero-order chi connectivity index (χ0) is 10.3. The van der Waals surface area contributed by atoms with Crippen molar-refractivity contribution in [2.45, 2.75) is 27.3 Å². The Morgan fingerprint density at radius 2 is 2.21 bits per heavy atom. The molecule has 0 bridgehead atoms. The van der Waals surface area contributed by atoms with E-state index < -0.39 is 0 Å². The zero-order valence-electron chi connectivity index (χ0n) is 8.65. The Hall–Kier alpha value is -1.65. The molecule has 2 rings (SSSR count). The molecule has 0 unspecified atom stereocenters. The number of aromatic nitrogens is 4. The molecule has 0 radical (unpaired) electrons. The lowest BCUT2D eigenvalue weighted by molar-refractivity contribution is -0.656. The van der Waals surface area contributed by atoms with Gasteiger partial charge in [0, 0.05) is 11.2 Å². The molecule has 14 heavy (non-hydrogen) atoms. The third kappa shape index (κ3) is 1.13. The number of nitrogen functional groups attached to an aromatic ring is 1. The summed E-state index contributed by atoms with van der Waals surface area (Å²) in [6.07, 6.45) is 0. The number of nitrogens with zero attached hydrogens (tertiary/aromatic N) is 4. The summed E-state index contributed by atoms with van der Waals surface area (Å²) < 4.78 is 3.66. The van der Waals surface area contributed by atoms with Crippen LogP contribution in [0.2, 0.25) is 0 Å². The summed E-state index contributed by atoms with van der Waals surface area (Å²) in [5.74, 6) is 1.32. The molecular weight excluding hydrogens is 178 g/mol. The molecule has 0 aliphatic carbocycles. The number of anilines is 1. The van der Waals surface area contributed by atoms with Crippen LogP contribution in [-0.4, -0.2) is 14.6 Å². The van der Waals surface area contributed by atoms with E-state index in [1.54, 1.807) is 4.52 Å². The molecule has 5 nitrogen and oxygen atoms in total. The third-order valence-electron chi connectivity index (χ3n) is 2.25. The smallest absolute Gasteiger partial charge is 0.318 e. The lowest BCUT2D eigenvalue weighted by Crippen LogP contribution is -2.35. The average Bonchev–Trinajstić information content (AvgIpc) is 2.41. The van der Waals surface area contributed by atoms with Gasteiger partial charge in [-0.15, -0.1) is 9.50 Å². The van der Waals surface area contributed by atoms with Crippen LogP contribution in [0.15, 0.2) is 6.07 Å². The number of hydrogen-bond acceptors (Lipinski definition) is 3.